The van der Waals surface area contributed by atoms with E-state index in [2.05, 4.69) is 17.3 Å². The standard InChI is InChI=1S/C15H16ClFN2OS/c1-19-6-4-10(5-7-19)18-15(20)14-13(16)11-3-2-9(17)8-12(11)21-14/h2-3,8,10H,4-7H2,1H3,(H,18,20). The Morgan fingerprint density at radius 2 is 2.14 bits per heavy atom. The highest BCUT2D eigenvalue weighted by Crippen LogP contribution is 2.35. The fraction of sp³-hybridized carbons (Fsp3) is 0.400. The number of nitrogens with zero attached hydrogens (tertiary/aromatic N) is 1. The monoisotopic (exact) mass is 326 g/mol. The summed E-state index contributed by atoms with van der Waals surface area (Å²) in [5, 5.41) is 4.19. The van der Waals surface area contributed by atoms with Crippen molar-refractivity contribution in [2.45, 2.75) is 18.9 Å². The molecule has 1 amide bonds. The molecule has 0 saturated carbocycles. The lowest BCUT2D eigenvalue weighted by Crippen LogP contribution is -2.43. The van der Waals surface area contributed by atoms with Gasteiger partial charge < -0.3 is 10.2 Å². The Balaban J connectivity index is 1.80. The fourth-order valence-electron chi connectivity index (χ4n) is 2.59. The van der Waals surface area contributed by atoms with Crippen molar-refractivity contribution in [2.75, 3.05) is 20.1 Å². The van der Waals surface area contributed by atoms with Crippen LogP contribution in [0.3, 0.4) is 0 Å². The van der Waals surface area contributed by atoms with Gasteiger partial charge in [-0.3, -0.25) is 4.79 Å². The third-order valence-electron chi connectivity index (χ3n) is 3.85. The molecule has 1 aromatic heterocycles. The highest BCUT2D eigenvalue weighted by Gasteiger charge is 2.22. The van der Waals surface area contributed by atoms with Crippen LogP contribution >= 0.6 is 22.9 Å². The van der Waals surface area contributed by atoms with Crippen molar-refractivity contribution >= 4 is 38.9 Å². The number of likely N-dealkylation sites (tertiary alicyclic amines) is 1. The maximum absolute atomic E-state index is 13.2. The van der Waals surface area contributed by atoms with Gasteiger partial charge in [0.05, 0.1) is 5.02 Å². The predicted molar refractivity (Wildman–Crippen MR) is 84.8 cm³/mol. The molecule has 2 aromatic rings. The number of piperidine rings is 1. The van der Waals surface area contributed by atoms with E-state index < -0.39 is 0 Å². The molecule has 21 heavy (non-hydrogen) atoms. The van der Waals surface area contributed by atoms with Gasteiger partial charge in [-0.05, 0) is 51.2 Å². The van der Waals surface area contributed by atoms with E-state index in [1.54, 1.807) is 6.07 Å². The zero-order chi connectivity index (χ0) is 15.0. The molecule has 3 rings (SSSR count). The Bertz CT molecular complexity index is 680. The summed E-state index contributed by atoms with van der Waals surface area (Å²) in [4.78, 5) is 15.1. The summed E-state index contributed by atoms with van der Waals surface area (Å²) in [5.74, 6) is -0.473. The van der Waals surface area contributed by atoms with Crippen LogP contribution in [0.25, 0.3) is 10.1 Å². The molecule has 1 fully saturated rings. The maximum Gasteiger partial charge on any atom is 0.263 e. The molecule has 0 atom stereocenters. The van der Waals surface area contributed by atoms with Gasteiger partial charge in [0.25, 0.3) is 5.91 Å². The van der Waals surface area contributed by atoms with E-state index in [0.717, 1.165) is 31.3 Å². The second kappa shape index (κ2) is 5.91. The van der Waals surface area contributed by atoms with Gasteiger partial charge in [-0.15, -0.1) is 11.3 Å². The van der Waals surface area contributed by atoms with Crippen LogP contribution in [0, 0.1) is 5.82 Å². The van der Waals surface area contributed by atoms with Crippen LogP contribution < -0.4 is 5.32 Å². The lowest BCUT2D eigenvalue weighted by atomic mass is 10.1. The molecule has 1 saturated heterocycles. The number of thiophene rings is 1. The highest BCUT2D eigenvalue weighted by atomic mass is 35.5. The van der Waals surface area contributed by atoms with E-state index in [4.69, 9.17) is 11.6 Å². The number of halogens is 2. The molecule has 0 spiro atoms. The van der Waals surface area contributed by atoms with Crippen LogP contribution in [0.15, 0.2) is 18.2 Å². The summed E-state index contributed by atoms with van der Waals surface area (Å²) >= 11 is 7.51. The van der Waals surface area contributed by atoms with Gasteiger partial charge in [-0.2, -0.15) is 0 Å². The van der Waals surface area contributed by atoms with E-state index >= 15 is 0 Å². The van der Waals surface area contributed by atoms with Crippen LogP contribution in [0.4, 0.5) is 4.39 Å². The van der Waals surface area contributed by atoms with Gasteiger partial charge in [0.2, 0.25) is 0 Å². The normalized spacial score (nSPS) is 17.3. The first-order valence-corrected chi connectivity index (χ1v) is 8.11. The Morgan fingerprint density at radius 1 is 1.43 bits per heavy atom. The van der Waals surface area contributed by atoms with Crippen molar-refractivity contribution in [1.82, 2.24) is 10.2 Å². The van der Waals surface area contributed by atoms with Gasteiger partial charge >= 0.3 is 0 Å². The third-order valence-corrected chi connectivity index (χ3v) is 5.51. The molecule has 112 valence electrons. The summed E-state index contributed by atoms with van der Waals surface area (Å²) in [6.07, 6.45) is 1.89. The first-order valence-electron chi connectivity index (χ1n) is 6.91. The van der Waals surface area contributed by atoms with Gasteiger partial charge in [-0.1, -0.05) is 11.6 Å². The minimum atomic E-state index is -0.317. The highest BCUT2D eigenvalue weighted by molar-refractivity contribution is 7.21. The number of carbonyl (C=O) groups is 1. The Labute approximate surface area is 131 Å². The van der Waals surface area contributed by atoms with E-state index in [1.165, 1.54) is 23.5 Å². The molecule has 0 bridgehead atoms. The molecular weight excluding hydrogens is 311 g/mol. The minimum absolute atomic E-state index is 0.156. The average Bonchev–Trinajstić information content (AvgIpc) is 2.78. The molecule has 6 heteroatoms. The first-order chi connectivity index (χ1) is 10.0. The van der Waals surface area contributed by atoms with Crippen LogP contribution in [0.5, 0.6) is 0 Å². The summed E-state index contributed by atoms with van der Waals surface area (Å²) in [6, 6.07) is 4.58. The number of fused-ring (bicyclic) bond motifs is 1. The number of benzene rings is 1. The van der Waals surface area contributed by atoms with Crippen molar-refractivity contribution in [3.05, 3.63) is 33.9 Å². The number of nitrogens with one attached hydrogen (secondary N) is 1. The second-order valence-corrected chi connectivity index (χ2v) is 6.87. The average molecular weight is 327 g/mol. The lowest BCUT2D eigenvalue weighted by molar-refractivity contribution is 0.0921. The number of rotatable bonds is 2. The van der Waals surface area contributed by atoms with Gasteiger partial charge in [0.1, 0.15) is 10.7 Å². The second-order valence-electron chi connectivity index (χ2n) is 5.44. The predicted octanol–water partition coefficient (Wildman–Crippen LogP) is 3.52. The van der Waals surface area contributed by atoms with E-state index in [1.807, 2.05) is 0 Å². The summed E-state index contributed by atoms with van der Waals surface area (Å²) in [5.41, 5.74) is 0. The van der Waals surface area contributed by atoms with Gasteiger partial charge in [0, 0.05) is 16.1 Å². The van der Waals surface area contributed by atoms with Gasteiger partial charge in [0.15, 0.2) is 0 Å². The van der Waals surface area contributed by atoms with E-state index in [-0.39, 0.29) is 17.8 Å². The van der Waals surface area contributed by atoms with Crippen molar-refractivity contribution in [2.24, 2.45) is 0 Å². The van der Waals surface area contributed by atoms with Gasteiger partial charge in [-0.25, -0.2) is 4.39 Å². The van der Waals surface area contributed by atoms with Crippen molar-refractivity contribution in [3.63, 3.8) is 0 Å². The van der Waals surface area contributed by atoms with E-state index in [9.17, 15) is 9.18 Å². The minimum Gasteiger partial charge on any atom is -0.348 e. The molecule has 1 N–H and O–H groups in total. The van der Waals surface area contributed by atoms with Crippen molar-refractivity contribution < 1.29 is 9.18 Å². The van der Waals surface area contributed by atoms with Crippen LogP contribution in [-0.4, -0.2) is 37.0 Å². The third kappa shape index (κ3) is 3.05. The molecule has 0 unspecified atom stereocenters. The summed E-state index contributed by atoms with van der Waals surface area (Å²) in [6.45, 7) is 1.96. The molecular formula is C15H16ClFN2OS. The van der Waals surface area contributed by atoms with Crippen LogP contribution in [-0.2, 0) is 0 Å². The topological polar surface area (TPSA) is 32.3 Å². The number of hydrogen-bond donors (Lipinski definition) is 1. The number of amides is 1. The van der Waals surface area contributed by atoms with Crippen LogP contribution in [0.1, 0.15) is 22.5 Å². The zero-order valence-electron chi connectivity index (χ0n) is 11.7. The Hall–Kier alpha value is -1.17. The van der Waals surface area contributed by atoms with E-state index in [0.29, 0.717) is 14.6 Å². The largest absolute Gasteiger partial charge is 0.348 e. The molecule has 0 aliphatic carbocycles. The quantitative estimate of drug-likeness (QED) is 0.916. The zero-order valence-corrected chi connectivity index (χ0v) is 13.2. The SMILES string of the molecule is CN1CCC(NC(=O)c2sc3cc(F)ccc3c2Cl)CC1. The molecule has 2 heterocycles. The number of hydrogen-bond acceptors (Lipinski definition) is 3. The van der Waals surface area contributed by atoms with Crippen molar-refractivity contribution in [1.29, 1.82) is 0 Å². The number of carbonyl (C=O) groups excluding carboxylic acids is 1. The molecule has 1 aromatic carbocycles. The smallest absolute Gasteiger partial charge is 0.263 e. The molecule has 1 aliphatic rings. The summed E-state index contributed by atoms with van der Waals surface area (Å²) in [7, 11) is 2.08. The Morgan fingerprint density at radius 3 is 2.86 bits per heavy atom. The summed E-state index contributed by atoms with van der Waals surface area (Å²) < 4.78 is 13.9. The fourth-order valence-corrected chi connectivity index (χ4v) is 4.03. The first kappa shape index (κ1) is 14.8. The van der Waals surface area contributed by atoms with Crippen LogP contribution in [0.2, 0.25) is 5.02 Å². The van der Waals surface area contributed by atoms with Crippen molar-refractivity contribution in [3.8, 4) is 0 Å². The maximum atomic E-state index is 13.2. The Kier molecular flexibility index (Phi) is 4.15. The molecule has 3 nitrogen and oxygen atoms in total. The lowest BCUT2D eigenvalue weighted by Gasteiger charge is -2.29. The molecule has 1 aliphatic heterocycles. The molecule has 0 radical (unpaired) electrons.